The number of aromatic nitrogens is 3. The number of nitrogens with two attached hydrogens (primary N) is 1. The molecule has 0 fully saturated rings. The van der Waals surface area contributed by atoms with Crippen LogP contribution in [0.25, 0.3) is 0 Å². The van der Waals surface area contributed by atoms with Crippen molar-refractivity contribution < 1.29 is 0 Å². The number of pyridine rings is 1. The second-order valence-corrected chi connectivity index (χ2v) is 4.73. The van der Waals surface area contributed by atoms with Crippen LogP contribution in [-0.2, 0) is 13.5 Å². The Labute approximate surface area is 114 Å². The SMILES string of the molecule is CN(CCc1ccccn1)C(CN)c1cncn1C. The molecule has 1 atom stereocenters. The van der Waals surface area contributed by atoms with Gasteiger partial charge < -0.3 is 10.3 Å². The molecule has 0 spiro atoms. The van der Waals surface area contributed by atoms with Crippen molar-refractivity contribution in [2.24, 2.45) is 12.8 Å². The summed E-state index contributed by atoms with van der Waals surface area (Å²) in [7, 11) is 4.09. The van der Waals surface area contributed by atoms with Crippen LogP contribution in [0.15, 0.2) is 36.9 Å². The lowest BCUT2D eigenvalue weighted by Gasteiger charge is -2.27. The van der Waals surface area contributed by atoms with Gasteiger partial charge in [-0.25, -0.2) is 4.98 Å². The molecule has 102 valence electrons. The van der Waals surface area contributed by atoms with Gasteiger partial charge in [0.25, 0.3) is 0 Å². The van der Waals surface area contributed by atoms with Crippen molar-refractivity contribution in [3.05, 3.63) is 48.3 Å². The largest absolute Gasteiger partial charge is 0.336 e. The molecule has 5 nitrogen and oxygen atoms in total. The van der Waals surface area contributed by atoms with Crippen LogP contribution in [0.2, 0.25) is 0 Å². The van der Waals surface area contributed by atoms with Crippen molar-refractivity contribution in [2.45, 2.75) is 12.5 Å². The smallest absolute Gasteiger partial charge is 0.0946 e. The first-order chi connectivity index (χ1) is 9.22. The van der Waals surface area contributed by atoms with E-state index in [1.54, 1.807) is 0 Å². The Kier molecular flexibility index (Phi) is 4.65. The Bertz CT molecular complexity index is 494. The molecule has 19 heavy (non-hydrogen) atoms. The molecule has 0 aliphatic heterocycles. The van der Waals surface area contributed by atoms with E-state index >= 15 is 0 Å². The topological polar surface area (TPSA) is 60.0 Å². The number of imidazole rings is 1. The van der Waals surface area contributed by atoms with Gasteiger partial charge in [-0.2, -0.15) is 0 Å². The lowest BCUT2D eigenvalue weighted by molar-refractivity contribution is 0.244. The van der Waals surface area contributed by atoms with Crippen LogP contribution < -0.4 is 5.73 Å². The van der Waals surface area contributed by atoms with Crippen LogP contribution in [0.4, 0.5) is 0 Å². The Morgan fingerprint density at radius 2 is 2.26 bits per heavy atom. The fourth-order valence-electron chi connectivity index (χ4n) is 2.21. The third-order valence-corrected chi connectivity index (χ3v) is 3.40. The summed E-state index contributed by atoms with van der Waals surface area (Å²) in [6, 6.07) is 6.20. The lowest BCUT2D eigenvalue weighted by atomic mass is 10.1. The van der Waals surface area contributed by atoms with Gasteiger partial charge in [0.15, 0.2) is 0 Å². The first kappa shape index (κ1) is 13.7. The molecular weight excluding hydrogens is 238 g/mol. The number of hydrogen-bond donors (Lipinski definition) is 1. The maximum atomic E-state index is 5.90. The summed E-state index contributed by atoms with van der Waals surface area (Å²) >= 11 is 0. The van der Waals surface area contributed by atoms with Gasteiger partial charge in [0.1, 0.15) is 0 Å². The maximum absolute atomic E-state index is 5.90. The van der Waals surface area contributed by atoms with Gasteiger partial charge in [0, 0.05) is 44.6 Å². The Balaban J connectivity index is 1.98. The monoisotopic (exact) mass is 259 g/mol. The first-order valence-corrected chi connectivity index (χ1v) is 6.48. The highest BCUT2D eigenvalue weighted by Crippen LogP contribution is 2.17. The van der Waals surface area contributed by atoms with Gasteiger partial charge in [-0.3, -0.25) is 9.88 Å². The van der Waals surface area contributed by atoms with Crippen LogP contribution in [0.1, 0.15) is 17.4 Å². The Morgan fingerprint density at radius 3 is 2.84 bits per heavy atom. The molecular formula is C14H21N5. The van der Waals surface area contributed by atoms with Crippen molar-refractivity contribution in [1.29, 1.82) is 0 Å². The molecule has 2 rings (SSSR count). The summed E-state index contributed by atoms with van der Waals surface area (Å²) in [5.41, 5.74) is 8.16. The Hall–Kier alpha value is -1.72. The summed E-state index contributed by atoms with van der Waals surface area (Å²) in [5, 5.41) is 0. The van der Waals surface area contributed by atoms with Gasteiger partial charge in [-0.05, 0) is 19.2 Å². The molecule has 2 aromatic heterocycles. The molecule has 0 amide bonds. The average Bonchev–Trinajstić information content (AvgIpc) is 2.85. The first-order valence-electron chi connectivity index (χ1n) is 6.48. The van der Waals surface area contributed by atoms with E-state index < -0.39 is 0 Å². The predicted molar refractivity (Wildman–Crippen MR) is 75.6 cm³/mol. The number of nitrogens with zero attached hydrogens (tertiary/aromatic N) is 4. The van der Waals surface area contributed by atoms with Crippen LogP contribution in [0.3, 0.4) is 0 Å². The second-order valence-electron chi connectivity index (χ2n) is 4.73. The molecule has 0 aliphatic rings. The van der Waals surface area contributed by atoms with Crippen LogP contribution >= 0.6 is 0 Å². The molecule has 5 heteroatoms. The van der Waals surface area contributed by atoms with E-state index in [9.17, 15) is 0 Å². The predicted octanol–water partition coefficient (Wildman–Crippen LogP) is 0.989. The zero-order valence-corrected chi connectivity index (χ0v) is 11.5. The van der Waals surface area contributed by atoms with E-state index in [1.807, 2.05) is 42.5 Å². The molecule has 1 unspecified atom stereocenters. The van der Waals surface area contributed by atoms with Crippen molar-refractivity contribution in [3.8, 4) is 0 Å². The van der Waals surface area contributed by atoms with Crippen molar-refractivity contribution in [1.82, 2.24) is 19.4 Å². The van der Waals surface area contributed by atoms with Crippen molar-refractivity contribution in [2.75, 3.05) is 20.1 Å². The molecule has 0 saturated heterocycles. The van der Waals surface area contributed by atoms with E-state index in [0.717, 1.165) is 24.4 Å². The highest BCUT2D eigenvalue weighted by Gasteiger charge is 2.18. The third-order valence-electron chi connectivity index (χ3n) is 3.40. The minimum Gasteiger partial charge on any atom is -0.336 e. The minimum atomic E-state index is 0.191. The van der Waals surface area contributed by atoms with Gasteiger partial charge >= 0.3 is 0 Å². The molecule has 2 heterocycles. The highest BCUT2D eigenvalue weighted by atomic mass is 15.2. The standard InChI is InChI=1S/C14H21N5/c1-18(8-6-12-5-3-4-7-17-12)13(9-15)14-10-16-11-19(14)2/h3-5,7,10-11,13H,6,8-9,15H2,1-2H3. The van der Waals surface area contributed by atoms with Gasteiger partial charge in [-0.1, -0.05) is 6.07 Å². The fraction of sp³-hybridized carbons (Fsp3) is 0.429. The molecule has 0 aromatic carbocycles. The van der Waals surface area contributed by atoms with Gasteiger partial charge in [0.05, 0.1) is 18.1 Å². The van der Waals surface area contributed by atoms with Gasteiger partial charge in [-0.15, -0.1) is 0 Å². The zero-order chi connectivity index (χ0) is 13.7. The molecule has 2 aromatic rings. The third kappa shape index (κ3) is 3.39. The van der Waals surface area contributed by atoms with E-state index in [-0.39, 0.29) is 6.04 Å². The molecule has 2 N–H and O–H groups in total. The molecule has 0 bridgehead atoms. The fourth-order valence-corrected chi connectivity index (χ4v) is 2.21. The van der Waals surface area contributed by atoms with Crippen LogP contribution in [-0.4, -0.2) is 39.6 Å². The molecule has 0 aliphatic carbocycles. The Morgan fingerprint density at radius 1 is 1.42 bits per heavy atom. The van der Waals surface area contributed by atoms with Crippen LogP contribution in [0.5, 0.6) is 0 Å². The maximum Gasteiger partial charge on any atom is 0.0946 e. The average molecular weight is 259 g/mol. The van der Waals surface area contributed by atoms with Gasteiger partial charge in [0.2, 0.25) is 0 Å². The van der Waals surface area contributed by atoms with Crippen molar-refractivity contribution in [3.63, 3.8) is 0 Å². The van der Waals surface area contributed by atoms with E-state index in [0.29, 0.717) is 6.54 Å². The summed E-state index contributed by atoms with van der Waals surface area (Å²) in [6.45, 7) is 1.50. The number of hydrogen-bond acceptors (Lipinski definition) is 4. The van der Waals surface area contributed by atoms with E-state index in [1.165, 1.54) is 0 Å². The summed E-state index contributed by atoms with van der Waals surface area (Å²) < 4.78 is 2.02. The quantitative estimate of drug-likeness (QED) is 0.840. The summed E-state index contributed by atoms with van der Waals surface area (Å²) in [5.74, 6) is 0. The number of rotatable bonds is 6. The lowest BCUT2D eigenvalue weighted by Crippen LogP contribution is -2.33. The van der Waals surface area contributed by atoms with Crippen LogP contribution in [0, 0.1) is 0 Å². The van der Waals surface area contributed by atoms with E-state index in [4.69, 9.17) is 5.73 Å². The molecule has 0 saturated carbocycles. The minimum absolute atomic E-state index is 0.191. The summed E-state index contributed by atoms with van der Waals surface area (Å²) in [4.78, 5) is 10.8. The van der Waals surface area contributed by atoms with Crippen molar-refractivity contribution >= 4 is 0 Å². The number of aryl methyl sites for hydroxylation is 1. The number of likely N-dealkylation sites (N-methyl/N-ethyl adjacent to an activating group) is 1. The van der Waals surface area contributed by atoms with E-state index in [2.05, 4.69) is 28.0 Å². The highest BCUT2D eigenvalue weighted by molar-refractivity contribution is 5.07. The molecule has 0 radical (unpaired) electrons. The second kappa shape index (κ2) is 6.45. The summed E-state index contributed by atoms with van der Waals surface area (Å²) in [6.07, 6.45) is 6.45. The zero-order valence-electron chi connectivity index (χ0n) is 11.5. The normalized spacial score (nSPS) is 12.8.